The fraction of sp³-hybridized carbons (Fsp3) is 0. The molecule has 0 N–H and O–H groups in total. The van der Waals surface area contributed by atoms with Crippen molar-refractivity contribution in [2.75, 3.05) is 0 Å². The molecule has 0 saturated carbocycles. The average molecular weight is 673 g/mol. The smallest absolute Gasteiger partial charge is 0.135 e. The van der Waals surface area contributed by atoms with Gasteiger partial charge >= 0.3 is 0 Å². The van der Waals surface area contributed by atoms with Crippen LogP contribution in [0.25, 0.3) is 110 Å². The van der Waals surface area contributed by atoms with Crippen molar-refractivity contribution in [3.05, 3.63) is 194 Å². The fourth-order valence-corrected chi connectivity index (χ4v) is 8.63. The third-order valence-electron chi connectivity index (χ3n) is 11.0. The largest absolute Gasteiger partial charge is 0.456 e. The van der Waals surface area contributed by atoms with Crippen molar-refractivity contribution >= 4 is 65.0 Å². The van der Waals surface area contributed by atoms with Crippen molar-refractivity contribution in [2.24, 2.45) is 0 Å². The van der Waals surface area contributed by atoms with Crippen LogP contribution < -0.4 is 0 Å². The minimum Gasteiger partial charge on any atom is -0.456 e. The molecular weight excluding hydrogens is 641 g/mol. The zero-order valence-corrected chi connectivity index (χ0v) is 28.9. The van der Waals surface area contributed by atoms with E-state index in [4.69, 9.17) is 4.42 Å². The summed E-state index contributed by atoms with van der Waals surface area (Å²) in [5, 5.41) is 12.2. The van der Waals surface area contributed by atoms with Gasteiger partial charge in [0.15, 0.2) is 0 Å². The van der Waals surface area contributed by atoms with Gasteiger partial charge in [0.25, 0.3) is 0 Å². The fourth-order valence-electron chi connectivity index (χ4n) is 8.63. The molecule has 0 amide bonds. The van der Waals surface area contributed by atoms with E-state index >= 15 is 0 Å². The third-order valence-corrected chi connectivity index (χ3v) is 11.0. The van der Waals surface area contributed by atoms with Gasteiger partial charge in [0, 0.05) is 10.8 Å². The Kier molecular flexibility index (Phi) is 6.62. The zero-order valence-electron chi connectivity index (χ0n) is 28.9. The Morgan fingerprint density at radius 3 is 1.53 bits per heavy atom. The number of para-hydroxylation sites is 1. The summed E-state index contributed by atoms with van der Waals surface area (Å²) in [5.41, 5.74) is 11.6. The van der Waals surface area contributed by atoms with E-state index in [2.05, 4.69) is 182 Å². The second kappa shape index (κ2) is 11.8. The van der Waals surface area contributed by atoms with Gasteiger partial charge in [-0.1, -0.05) is 164 Å². The van der Waals surface area contributed by atoms with Crippen molar-refractivity contribution in [1.29, 1.82) is 0 Å². The van der Waals surface area contributed by atoms with Crippen molar-refractivity contribution in [3.63, 3.8) is 0 Å². The van der Waals surface area contributed by atoms with Crippen LogP contribution in [0.3, 0.4) is 0 Å². The van der Waals surface area contributed by atoms with Crippen LogP contribution in [0.1, 0.15) is 0 Å². The number of hydrogen-bond acceptors (Lipinski definition) is 1. The van der Waals surface area contributed by atoms with E-state index in [1.807, 2.05) is 12.1 Å². The van der Waals surface area contributed by atoms with E-state index in [1.54, 1.807) is 0 Å². The van der Waals surface area contributed by atoms with Crippen LogP contribution in [0.15, 0.2) is 199 Å². The Morgan fingerprint density at radius 2 is 0.755 bits per heavy atom. The van der Waals surface area contributed by atoms with Gasteiger partial charge < -0.3 is 4.42 Å². The normalized spacial score (nSPS) is 11.8. The summed E-state index contributed by atoms with van der Waals surface area (Å²) >= 11 is 0. The quantitative estimate of drug-likeness (QED) is 0.170. The molecule has 0 radical (unpaired) electrons. The summed E-state index contributed by atoms with van der Waals surface area (Å²) in [5.74, 6) is 0. The molecule has 10 aromatic carbocycles. The molecule has 0 unspecified atom stereocenters. The molecule has 1 heterocycles. The number of hydrogen-bond donors (Lipinski definition) is 0. The number of benzene rings is 10. The number of rotatable bonds is 4. The van der Waals surface area contributed by atoms with E-state index in [9.17, 15) is 0 Å². The lowest BCUT2D eigenvalue weighted by Crippen LogP contribution is -1.93. The average Bonchev–Trinajstić information content (AvgIpc) is 3.60. The van der Waals surface area contributed by atoms with Gasteiger partial charge in [-0.15, -0.1) is 0 Å². The molecule has 0 aliphatic carbocycles. The second-order valence-electron chi connectivity index (χ2n) is 14.0. The van der Waals surface area contributed by atoms with Gasteiger partial charge in [-0.05, 0) is 118 Å². The molecule has 1 heteroatoms. The first kappa shape index (κ1) is 29.7. The Bertz CT molecular complexity index is 3220. The van der Waals surface area contributed by atoms with E-state index in [1.165, 1.54) is 87.6 Å². The summed E-state index contributed by atoms with van der Waals surface area (Å²) in [6.07, 6.45) is 0. The predicted octanol–water partition coefficient (Wildman–Crippen LogP) is 14.9. The highest BCUT2D eigenvalue weighted by atomic mass is 16.3. The molecule has 0 fully saturated rings. The molecule has 0 atom stereocenters. The van der Waals surface area contributed by atoms with Gasteiger partial charge in [0.2, 0.25) is 0 Å². The van der Waals surface area contributed by atoms with Crippen molar-refractivity contribution in [2.45, 2.75) is 0 Å². The molecule has 0 bridgehead atoms. The van der Waals surface area contributed by atoms with Crippen LogP contribution in [-0.2, 0) is 0 Å². The molecule has 0 aliphatic heterocycles. The minimum absolute atomic E-state index is 0.908. The van der Waals surface area contributed by atoms with Gasteiger partial charge in [0.1, 0.15) is 11.2 Å². The summed E-state index contributed by atoms with van der Waals surface area (Å²) in [6.45, 7) is 0. The Morgan fingerprint density at radius 1 is 0.245 bits per heavy atom. The molecule has 11 rings (SSSR count). The molecule has 1 nitrogen and oxygen atoms in total. The lowest BCUT2D eigenvalue weighted by Gasteiger charge is -2.20. The third kappa shape index (κ3) is 4.71. The van der Waals surface area contributed by atoms with Gasteiger partial charge in [-0.2, -0.15) is 0 Å². The molecule has 1 aromatic heterocycles. The summed E-state index contributed by atoms with van der Waals surface area (Å²) in [6, 6.07) is 70.8. The summed E-state index contributed by atoms with van der Waals surface area (Å²) < 4.78 is 6.21. The zero-order chi connectivity index (χ0) is 34.9. The SMILES string of the molecule is c1cc(-c2cccc3ccccc23)cc(-c2c3ccccc3c(-c3cccc4ccccc34)c3ccc(-c4ccc5oc6ccccc6c5c4)cc23)c1. The Labute approximate surface area is 307 Å². The maximum atomic E-state index is 6.21. The lowest BCUT2D eigenvalue weighted by molar-refractivity contribution is 0.669. The molecule has 11 aromatic rings. The maximum absolute atomic E-state index is 6.21. The van der Waals surface area contributed by atoms with Gasteiger partial charge in [-0.3, -0.25) is 0 Å². The van der Waals surface area contributed by atoms with Crippen LogP contribution in [0.5, 0.6) is 0 Å². The molecule has 0 spiro atoms. The van der Waals surface area contributed by atoms with Crippen LogP contribution in [-0.4, -0.2) is 0 Å². The predicted molar refractivity (Wildman–Crippen MR) is 225 cm³/mol. The van der Waals surface area contributed by atoms with E-state index < -0.39 is 0 Å². The second-order valence-corrected chi connectivity index (χ2v) is 14.0. The lowest BCUT2D eigenvalue weighted by atomic mass is 9.83. The van der Waals surface area contributed by atoms with E-state index in [-0.39, 0.29) is 0 Å². The minimum atomic E-state index is 0.908. The molecule has 246 valence electrons. The van der Waals surface area contributed by atoms with Crippen LogP contribution in [0.4, 0.5) is 0 Å². The number of furan rings is 1. The topological polar surface area (TPSA) is 13.1 Å². The molecular formula is C52H32O. The molecule has 0 aliphatic rings. The summed E-state index contributed by atoms with van der Waals surface area (Å²) in [4.78, 5) is 0. The van der Waals surface area contributed by atoms with Crippen molar-refractivity contribution < 1.29 is 4.42 Å². The highest BCUT2D eigenvalue weighted by molar-refractivity contribution is 6.24. The maximum Gasteiger partial charge on any atom is 0.135 e. The van der Waals surface area contributed by atoms with Crippen molar-refractivity contribution in [1.82, 2.24) is 0 Å². The highest BCUT2D eigenvalue weighted by Crippen LogP contribution is 2.47. The standard InChI is InChI=1S/C52H32O/c1-3-18-39-33(12-1)14-10-23-41(39)37-16-9-17-38(30-37)51-44-21-5-6-22-45(44)52(43-24-11-15-34-13-2-4-19-40(34)43)46-28-26-35(32-48(46)51)36-27-29-50-47(31-36)42-20-7-8-25-49(42)53-50/h1-32H. The van der Waals surface area contributed by atoms with Crippen LogP contribution in [0, 0.1) is 0 Å². The van der Waals surface area contributed by atoms with Gasteiger partial charge in [-0.25, -0.2) is 0 Å². The van der Waals surface area contributed by atoms with E-state index in [0.29, 0.717) is 0 Å². The Hall–Kier alpha value is -6.96. The molecule has 53 heavy (non-hydrogen) atoms. The van der Waals surface area contributed by atoms with E-state index in [0.717, 1.165) is 21.9 Å². The van der Waals surface area contributed by atoms with Crippen molar-refractivity contribution in [3.8, 4) is 44.5 Å². The van der Waals surface area contributed by atoms with Gasteiger partial charge in [0.05, 0.1) is 0 Å². The Balaban J connectivity index is 1.23. The van der Waals surface area contributed by atoms with Crippen LogP contribution >= 0.6 is 0 Å². The first-order valence-electron chi connectivity index (χ1n) is 18.3. The first-order chi connectivity index (χ1) is 26.3. The van der Waals surface area contributed by atoms with Crippen LogP contribution in [0.2, 0.25) is 0 Å². The highest BCUT2D eigenvalue weighted by Gasteiger charge is 2.20. The summed E-state index contributed by atoms with van der Waals surface area (Å²) in [7, 11) is 0. The molecule has 0 saturated heterocycles. The first-order valence-corrected chi connectivity index (χ1v) is 18.3. The monoisotopic (exact) mass is 672 g/mol. The number of fused-ring (bicyclic) bond motifs is 7.